The van der Waals surface area contributed by atoms with Crippen molar-refractivity contribution in [3.63, 3.8) is 0 Å². The quantitative estimate of drug-likeness (QED) is 0.644. The molecule has 0 aliphatic heterocycles. The number of rotatable bonds is 5. The Balaban J connectivity index is 3.70. The zero-order chi connectivity index (χ0) is 10.3. The molecule has 1 N–H and O–H groups in total. The van der Waals surface area contributed by atoms with Gasteiger partial charge in [0.15, 0.2) is 0 Å². The highest BCUT2D eigenvalue weighted by molar-refractivity contribution is 5.84. The van der Waals surface area contributed by atoms with Gasteiger partial charge in [0.05, 0.1) is 6.07 Å². The van der Waals surface area contributed by atoms with Crippen molar-refractivity contribution in [1.82, 2.24) is 5.32 Å². The summed E-state index contributed by atoms with van der Waals surface area (Å²) in [6, 6.07) is 2.01. The first-order valence-corrected chi connectivity index (χ1v) is 4.25. The summed E-state index contributed by atoms with van der Waals surface area (Å²) < 4.78 is 4.98. The molecule has 0 aliphatic carbocycles. The number of carbonyl (C=O) groups is 1. The molecule has 4 heteroatoms. The maximum absolute atomic E-state index is 11.3. The zero-order valence-electron chi connectivity index (χ0n) is 8.39. The molecule has 13 heavy (non-hydrogen) atoms. The smallest absolute Gasteiger partial charge is 0.251 e. The van der Waals surface area contributed by atoms with Crippen LogP contribution in [0, 0.1) is 11.3 Å². The molecule has 0 spiro atoms. The molecular weight excluding hydrogens is 168 g/mol. The van der Waals surface area contributed by atoms with Crippen molar-refractivity contribution in [2.75, 3.05) is 13.7 Å². The second-order valence-corrected chi connectivity index (χ2v) is 3.23. The Bertz CT molecular complexity index is 206. The van der Waals surface area contributed by atoms with Crippen molar-refractivity contribution < 1.29 is 9.53 Å². The van der Waals surface area contributed by atoms with Gasteiger partial charge in [-0.15, -0.1) is 0 Å². The van der Waals surface area contributed by atoms with E-state index < -0.39 is 5.60 Å². The molecule has 0 radical (unpaired) electrons. The highest BCUT2D eigenvalue weighted by Crippen LogP contribution is 2.06. The van der Waals surface area contributed by atoms with Crippen LogP contribution in [0.1, 0.15) is 26.7 Å². The highest BCUT2D eigenvalue weighted by Gasteiger charge is 2.25. The highest BCUT2D eigenvalue weighted by atomic mass is 16.5. The lowest BCUT2D eigenvalue weighted by molar-refractivity contribution is -0.139. The van der Waals surface area contributed by atoms with Gasteiger partial charge in [0, 0.05) is 20.1 Å². The summed E-state index contributed by atoms with van der Waals surface area (Å²) in [4.78, 5) is 11.3. The molecule has 0 aliphatic rings. The van der Waals surface area contributed by atoms with Crippen LogP contribution < -0.4 is 5.32 Å². The first-order chi connectivity index (χ1) is 6.04. The number of nitriles is 1. The van der Waals surface area contributed by atoms with E-state index in [1.54, 1.807) is 13.8 Å². The number of amides is 1. The zero-order valence-corrected chi connectivity index (χ0v) is 8.39. The molecule has 4 nitrogen and oxygen atoms in total. The van der Waals surface area contributed by atoms with Crippen molar-refractivity contribution in [3.05, 3.63) is 0 Å². The van der Waals surface area contributed by atoms with E-state index in [9.17, 15) is 4.79 Å². The molecule has 0 bridgehead atoms. The van der Waals surface area contributed by atoms with Gasteiger partial charge in [-0.05, 0) is 20.3 Å². The third kappa shape index (κ3) is 4.48. The van der Waals surface area contributed by atoms with E-state index >= 15 is 0 Å². The fourth-order valence-electron chi connectivity index (χ4n) is 0.675. The monoisotopic (exact) mass is 184 g/mol. The van der Waals surface area contributed by atoms with Gasteiger partial charge in [0.1, 0.15) is 5.60 Å². The van der Waals surface area contributed by atoms with Gasteiger partial charge < -0.3 is 10.1 Å². The molecule has 0 saturated heterocycles. The first-order valence-electron chi connectivity index (χ1n) is 4.25. The SMILES string of the molecule is COC(C)(C)C(=O)NCCCC#N. The molecule has 74 valence electrons. The Morgan fingerprint density at radius 3 is 2.69 bits per heavy atom. The van der Waals surface area contributed by atoms with Gasteiger partial charge >= 0.3 is 0 Å². The predicted octanol–water partition coefficient (Wildman–Crippen LogP) is 0.831. The van der Waals surface area contributed by atoms with Gasteiger partial charge in [-0.1, -0.05) is 0 Å². The molecule has 0 rings (SSSR count). The maximum atomic E-state index is 11.3. The molecular formula is C9H16N2O2. The van der Waals surface area contributed by atoms with Gasteiger partial charge in [0.2, 0.25) is 0 Å². The number of nitrogens with zero attached hydrogens (tertiary/aromatic N) is 1. The van der Waals surface area contributed by atoms with Crippen LogP contribution in [0.2, 0.25) is 0 Å². The van der Waals surface area contributed by atoms with E-state index in [1.807, 2.05) is 6.07 Å². The first kappa shape index (κ1) is 11.9. The minimum absolute atomic E-state index is 0.145. The average molecular weight is 184 g/mol. The molecule has 1 amide bonds. The van der Waals surface area contributed by atoms with Crippen LogP contribution in [-0.4, -0.2) is 25.2 Å². The Morgan fingerprint density at radius 1 is 1.62 bits per heavy atom. The summed E-state index contributed by atoms with van der Waals surface area (Å²) in [6.45, 7) is 3.93. The van der Waals surface area contributed by atoms with E-state index in [0.717, 1.165) is 0 Å². The van der Waals surface area contributed by atoms with Crippen LogP contribution in [0.3, 0.4) is 0 Å². The summed E-state index contributed by atoms with van der Waals surface area (Å²) in [7, 11) is 1.49. The lowest BCUT2D eigenvalue weighted by atomic mass is 10.1. The van der Waals surface area contributed by atoms with Crippen LogP contribution in [0.5, 0.6) is 0 Å². The van der Waals surface area contributed by atoms with Crippen LogP contribution in [-0.2, 0) is 9.53 Å². The minimum Gasteiger partial charge on any atom is -0.369 e. The standard InChI is InChI=1S/C9H16N2O2/c1-9(2,13-3)8(12)11-7-5-4-6-10/h4-5,7H2,1-3H3,(H,11,12). The number of ether oxygens (including phenoxy) is 1. The van der Waals surface area contributed by atoms with Crippen molar-refractivity contribution in [1.29, 1.82) is 5.26 Å². The van der Waals surface area contributed by atoms with Crippen molar-refractivity contribution in [2.45, 2.75) is 32.3 Å². The summed E-state index contributed by atoms with van der Waals surface area (Å²) in [6.07, 6.45) is 1.15. The topological polar surface area (TPSA) is 62.1 Å². The summed E-state index contributed by atoms with van der Waals surface area (Å²) >= 11 is 0. The Kier molecular flexibility index (Phi) is 5.09. The van der Waals surface area contributed by atoms with Crippen LogP contribution >= 0.6 is 0 Å². The Morgan fingerprint density at radius 2 is 2.23 bits per heavy atom. The molecule has 0 heterocycles. The van der Waals surface area contributed by atoms with E-state index in [4.69, 9.17) is 10.00 Å². The number of nitrogens with one attached hydrogen (secondary N) is 1. The third-order valence-electron chi connectivity index (χ3n) is 1.81. The number of hydrogen-bond acceptors (Lipinski definition) is 3. The predicted molar refractivity (Wildman–Crippen MR) is 48.9 cm³/mol. The van der Waals surface area contributed by atoms with Crippen molar-refractivity contribution in [2.24, 2.45) is 0 Å². The average Bonchev–Trinajstić information content (AvgIpc) is 2.12. The van der Waals surface area contributed by atoms with E-state index in [0.29, 0.717) is 19.4 Å². The maximum Gasteiger partial charge on any atom is 0.251 e. The van der Waals surface area contributed by atoms with Gasteiger partial charge in [0.25, 0.3) is 5.91 Å². The second kappa shape index (κ2) is 5.55. The van der Waals surface area contributed by atoms with Crippen LogP contribution in [0.4, 0.5) is 0 Å². The molecule has 0 atom stereocenters. The molecule has 0 fully saturated rings. The fraction of sp³-hybridized carbons (Fsp3) is 0.778. The number of hydrogen-bond donors (Lipinski definition) is 1. The lowest BCUT2D eigenvalue weighted by Crippen LogP contribution is -2.43. The van der Waals surface area contributed by atoms with Crippen LogP contribution in [0.25, 0.3) is 0 Å². The summed E-state index contributed by atoms with van der Waals surface area (Å²) in [5, 5.41) is 10.9. The number of unbranched alkanes of at least 4 members (excludes halogenated alkanes) is 1. The second-order valence-electron chi connectivity index (χ2n) is 3.23. The lowest BCUT2D eigenvalue weighted by Gasteiger charge is -2.21. The van der Waals surface area contributed by atoms with E-state index in [2.05, 4.69) is 5.32 Å². The largest absolute Gasteiger partial charge is 0.369 e. The van der Waals surface area contributed by atoms with Gasteiger partial charge in [-0.2, -0.15) is 5.26 Å². The van der Waals surface area contributed by atoms with Gasteiger partial charge in [-0.25, -0.2) is 0 Å². The van der Waals surface area contributed by atoms with E-state index in [1.165, 1.54) is 7.11 Å². The Labute approximate surface area is 78.9 Å². The number of carbonyl (C=O) groups excluding carboxylic acids is 1. The molecule has 0 aromatic heterocycles. The van der Waals surface area contributed by atoms with Crippen LogP contribution in [0.15, 0.2) is 0 Å². The Hall–Kier alpha value is -1.08. The van der Waals surface area contributed by atoms with Crippen molar-refractivity contribution >= 4 is 5.91 Å². The molecule has 0 saturated carbocycles. The van der Waals surface area contributed by atoms with E-state index in [-0.39, 0.29) is 5.91 Å². The number of methoxy groups -OCH3 is 1. The molecule has 0 aromatic carbocycles. The molecule has 0 unspecified atom stereocenters. The fourth-order valence-corrected chi connectivity index (χ4v) is 0.675. The van der Waals surface area contributed by atoms with Gasteiger partial charge in [-0.3, -0.25) is 4.79 Å². The third-order valence-corrected chi connectivity index (χ3v) is 1.81. The molecule has 0 aromatic rings. The summed E-state index contributed by atoms with van der Waals surface area (Å²) in [5.41, 5.74) is -0.785. The normalized spacial score (nSPS) is 10.6. The minimum atomic E-state index is -0.785. The summed E-state index contributed by atoms with van der Waals surface area (Å²) in [5.74, 6) is -0.145. The van der Waals surface area contributed by atoms with Crippen molar-refractivity contribution in [3.8, 4) is 6.07 Å².